The van der Waals surface area contributed by atoms with E-state index in [1.54, 1.807) is 13.8 Å². The molecule has 1 aromatic heterocycles. The quantitative estimate of drug-likeness (QED) is 0.863. The van der Waals surface area contributed by atoms with E-state index in [0.717, 1.165) is 12.1 Å². The molecule has 0 saturated carbocycles. The van der Waals surface area contributed by atoms with Crippen molar-refractivity contribution in [1.29, 1.82) is 0 Å². The van der Waals surface area contributed by atoms with Crippen LogP contribution in [0.15, 0.2) is 12.1 Å². The Hall–Kier alpha value is -2.18. The normalized spacial score (nSPS) is 11.2. The molecule has 2 N–H and O–H groups in total. The van der Waals surface area contributed by atoms with E-state index in [0.29, 0.717) is 0 Å². The van der Waals surface area contributed by atoms with Crippen LogP contribution >= 0.6 is 0 Å². The Morgan fingerprint density at radius 1 is 1.42 bits per heavy atom. The third-order valence-electron chi connectivity index (χ3n) is 2.47. The molecule has 0 spiro atoms. The minimum Gasteiger partial charge on any atom is -0.462 e. The van der Waals surface area contributed by atoms with Gasteiger partial charge in [-0.25, -0.2) is 13.8 Å². The molecule has 102 valence electrons. The first-order valence-corrected chi connectivity index (χ1v) is 5.68. The number of aromatic nitrogens is 2. The third kappa shape index (κ3) is 2.64. The highest BCUT2D eigenvalue weighted by Crippen LogP contribution is 2.21. The van der Waals surface area contributed by atoms with Crippen molar-refractivity contribution in [3.8, 4) is 0 Å². The van der Waals surface area contributed by atoms with Gasteiger partial charge >= 0.3 is 5.97 Å². The van der Waals surface area contributed by atoms with Gasteiger partial charge in [-0.15, -0.1) is 0 Å². The van der Waals surface area contributed by atoms with Crippen LogP contribution in [0.3, 0.4) is 0 Å². The van der Waals surface area contributed by atoms with E-state index in [1.807, 2.05) is 0 Å². The molecule has 2 aromatic rings. The van der Waals surface area contributed by atoms with Crippen LogP contribution in [0.1, 0.15) is 13.8 Å². The van der Waals surface area contributed by atoms with Gasteiger partial charge in [-0.1, -0.05) is 0 Å². The van der Waals surface area contributed by atoms with E-state index in [2.05, 4.69) is 4.98 Å². The minimum atomic E-state index is -1.02. The Morgan fingerprint density at radius 2 is 2.05 bits per heavy atom. The van der Waals surface area contributed by atoms with Crippen molar-refractivity contribution in [2.75, 3.05) is 5.73 Å². The monoisotopic (exact) mass is 269 g/mol. The predicted molar refractivity (Wildman–Crippen MR) is 65.3 cm³/mol. The van der Waals surface area contributed by atoms with Crippen LogP contribution in [-0.2, 0) is 16.1 Å². The van der Waals surface area contributed by atoms with Gasteiger partial charge in [-0.2, -0.15) is 0 Å². The molecule has 0 aliphatic rings. The molecule has 1 heterocycles. The molecule has 0 bridgehead atoms. The lowest BCUT2D eigenvalue weighted by molar-refractivity contribution is -0.147. The van der Waals surface area contributed by atoms with E-state index in [9.17, 15) is 13.6 Å². The molecule has 1 aromatic carbocycles. The number of halogens is 2. The maximum atomic E-state index is 13.2. The van der Waals surface area contributed by atoms with Crippen LogP contribution in [0.5, 0.6) is 0 Å². The van der Waals surface area contributed by atoms with Gasteiger partial charge in [0.25, 0.3) is 0 Å². The van der Waals surface area contributed by atoms with E-state index >= 15 is 0 Å². The van der Waals surface area contributed by atoms with Gasteiger partial charge in [0, 0.05) is 12.1 Å². The Labute approximate surface area is 108 Å². The number of nitrogens with zero attached hydrogens (tertiary/aromatic N) is 2. The summed E-state index contributed by atoms with van der Waals surface area (Å²) in [5.74, 6) is -2.56. The second-order valence-electron chi connectivity index (χ2n) is 4.35. The van der Waals surface area contributed by atoms with Crippen LogP contribution in [-0.4, -0.2) is 21.6 Å². The Balaban J connectivity index is 2.40. The van der Waals surface area contributed by atoms with Gasteiger partial charge in [0.1, 0.15) is 6.54 Å². The molecule has 0 aliphatic carbocycles. The van der Waals surface area contributed by atoms with Crippen LogP contribution in [0, 0.1) is 11.6 Å². The molecule has 0 aliphatic heterocycles. The highest BCUT2D eigenvalue weighted by atomic mass is 19.2. The summed E-state index contributed by atoms with van der Waals surface area (Å²) >= 11 is 0. The summed E-state index contributed by atoms with van der Waals surface area (Å²) in [7, 11) is 0. The van der Waals surface area contributed by atoms with Gasteiger partial charge in [-0.3, -0.25) is 9.36 Å². The zero-order valence-electron chi connectivity index (χ0n) is 10.5. The van der Waals surface area contributed by atoms with Crippen LogP contribution < -0.4 is 5.73 Å². The number of hydrogen-bond donors (Lipinski definition) is 1. The van der Waals surface area contributed by atoms with Crippen molar-refractivity contribution in [2.45, 2.75) is 26.5 Å². The van der Waals surface area contributed by atoms with E-state index < -0.39 is 17.6 Å². The fourth-order valence-corrected chi connectivity index (χ4v) is 1.73. The number of ether oxygens (including phenoxy) is 1. The molecular weight excluding hydrogens is 256 g/mol. The molecule has 0 radical (unpaired) electrons. The van der Waals surface area contributed by atoms with Gasteiger partial charge in [-0.05, 0) is 13.8 Å². The summed E-state index contributed by atoms with van der Waals surface area (Å²) in [5, 5.41) is 0. The zero-order valence-corrected chi connectivity index (χ0v) is 10.5. The highest BCUT2D eigenvalue weighted by molar-refractivity contribution is 5.81. The van der Waals surface area contributed by atoms with Crippen LogP contribution in [0.25, 0.3) is 11.0 Å². The minimum absolute atomic E-state index is 0.000654. The molecule has 0 atom stereocenters. The summed E-state index contributed by atoms with van der Waals surface area (Å²) in [5.41, 5.74) is 6.07. The number of anilines is 1. The lowest BCUT2D eigenvalue weighted by Crippen LogP contribution is -2.18. The lowest BCUT2D eigenvalue weighted by atomic mass is 10.3. The largest absolute Gasteiger partial charge is 0.462 e. The number of benzene rings is 1. The van der Waals surface area contributed by atoms with Crippen LogP contribution in [0.4, 0.5) is 14.7 Å². The molecule has 7 heteroatoms. The van der Waals surface area contributed by atoms with Crippen molar-refractivity contribution in [3.63, 3.8) is 0 Å². The van der Waals surface area contributed by atoms with Crippen molar-refractivity contribution >= 4 is 23.0 Å². The SMILES string of the molecule is CC(C)OC(=O)Cn1c(N)nc2cc(F)c(F)cc21. The number of carbonyl (C=O) groups excluding carboxylic acids is 1. The fourth-order valence-electron chi connectivity index (χ4n) is 1.73. The zero-order chi connectivity index (χ0) is 14.2. The standard InChI is InChI=1S/C12H13F2N3O2/c1-6(2)19-11(18)5-17-10-4-8(14)7(13)3-9(10)16-12(17)15/h3-4,6H,5H2,1-2H3,(H2,15,16). The smallest absolute Gasteiger partial charge is 0.326 e. The Morgan fingerprint density at radius 3 is 2.68 bits per heavy atom. The molecule has 0 fully saturated rings. The number of hydrogen-bond acceptors (Lipinski definition) is 4. The first-order chi connectivity index (χ1) is 8.88. The summed E-state index contributed by atoms with van der Waals surface area (Å²) in [6, 6.07) is 1.89. The number of imidazole rings is 1. The van der Waals surface area contributed by atoms with Crippen molar-refractivity contribution < 1.29 is 18.3 Å². The number of carbonyl (C=O) groups is 1. The topological polar surface area (TPSA) is 70.1 Å². The first kappa shape index (κ1) is 13.3. The Kier molecular flexibility index (Phi) is 3.37. The van der Waals surface area contributed by atoms with E-state index in [4.69, 9.17) is 10.5 Å². The highest BCUT2D eigenvalue weighted by Gasteiger charge is 2.16. The molecular formula is C12H13F2N3O2. The number of nitrogen functional groups attached to an aromatic ring is 1. The first-order valence-electron chi connectivity index (χ1n) is 5.68. The number of rotatable bonds is 3. The average Bonchev–Trinajstić information content (AvgIpc) is 2.56. The fraction of sp³-hybridized carbons (Fsp3) is 0.333. The molecule has 19 heavy (non-hydrogen) atoms. The number of esters is 1. The van der Waals surface area contributed by atoms with Crippen molar-refractivity contribution in [2.24, 2.45) is 0 Å². The second-order valence-corrected chi connectivity index (χ2v) is 4.35. The maximum Gasteiger partial charge on any atom is 0.326 e. The summed E-state index contributed by atoms with van der Waals surface area (Å²) < 4.78 is 32.5. The van der Waals surface area contributed by atoms with Crippen LogP contribution in [0.2, 0.25) is 0 Å². The Bertz CT molecular complexity index is 637. The van der Waals surface area contributed by atoms with Gasteiger partial charge < -0.3 is 10.5 Å². The lowest BCUT2D eigenvalue weighted by Gasteiger charge is -2.09. The second kappa shape index (κ2) is 4.83. The van der Waals surface area contributed by atoms with Crippen molar-refractivity contribution in [3.05, 3.63) is 23.8 Å². The van der Waals surface area contributed by atoms with Crippen molar-refractivity contribution in [1.82, 2.24) is 9.55 Å². The summed E-state index contributed by atoms with van der Waals surface area (Å²) in [4.78, 5) is 15.4. The van der Waals surface area contributed by atoms with E-state index in [1.165, 1.54) is 4.57 Å². The number of nitrogens with two attached hydrogens (primary N) is 1. The number of fused-ring (bicyclic) bond motifs is 1. The summed E-state index contributed by atoms with van der Waals surface area (Å²) in [6.45, 7) is 3.22. The van der Waals surface area contributed by atoms with E-state index in [-0.39, 0.29) is 29.6 Å². The molecule has 2 rings (SSSR count). The third-order valence-corrected chi connectivity index (χ3v) is 2.47. The average molecular weight is 269 g/mol. The molecule has 0 saturated heterocycles. The molecule has 0 unspecified atom stereocenters. The molecule has 5 nitrogen and oxygen atoms in total. The van der Waals surface area contributed by atoms with Gasteiger partial charge in [0.2, 0.25) is 5.95 Å². The van der Waals surface area contributed by atoms with Gasteiger partial charge in [0.05, 0.1) is 17.1 Å². The van der Waals surface area contributed by atoms with Gasteiger partial charge in [0.15, 0.2) is 11.6 Å². The maximum absolute atomic E-state index is 13.2. The molecule has 0 amide bonds. The predicted octanol–water partition coefficient (Wildman–Crippen LogP) is 1.85. The summed E-state index contributed by atoms with van der Waals surface area (Å²) in [6.07, 6.45) is -0.266.